The zero-order chi connectivity index (χ0) is 16.0. The van der Waals surface area contributed by atoms with E-state index in [-0.39, 0.29) is 12.8 Å². The van der Waals surface area contributed by atoms with Crippen LogP contribution in [-0.2, 0) is 19.1 Å². The molecule has 4 atom stereocenters. The quantitative estimate of drug-likeness (QED) is 0.558. The molecule has 0 radical (unpaired) electrons. The number of carbonyl (C=O) groups is 2. The molecule has 1 rings (SSSR count). The molecule has 0 unspecified atom stereocenters. The Morgan fingerprint density at radius 1 is 1.52 bits per heavy atom. The minimum atomic E-state index is -0.914. The van der Waals surface area contributed by atoms with Crippen molar-refractivity contribution in [3.8, 4) is 0 Å². The fraction of sp³-hybridized carbons (Fsp3) is 0.600. The average molecular weight is 298 g/mol. The SMILES string of the molecule is C/C=C(\C)C(=O)O[C@H]1C=CC(=O)O[C@H]1CC[C@@H](O)[C@H](C)O. The summed E-state index contributed by atoms with van der Waals surface area (Å²) in [6.45, 7) is 4.83. The van der Waals surface area contributed by atoms with Gasteiger partial charge < -0.3 is 19.7 Å². The van der Waals surface area contributed by atoms with Crippen LogP contribution in [0.5, 0.6) is 0 Å². The summed E-state index contributed by atoms with van der Waals surface area (Å²) in [6.07, 6.45) is 1.71. The molecule has 0 aromatic carbocycles. The van der Waals surface area contributed by atoms with Crippen molar-refractivity contribution < 1.29 is 29.3 Å². The van der Waals surface area contributed by atoms with Crippen molar-refractivity contribution in [2.45, 2.75) is 58.0 Å². The molecule has 0 saturated carbocycles. The Kier molecular flexibility index (Phi) is 6.58. The van der Waals surface area contributed by atoms with E-state index in [0.717, 1.165) is 0 Å². The molecule has 0 aliphatic carbocycles. The van der Waals surface area contributed by atoms with Crippen LogP contribution in [0.3, 0.4) is 0 Å². The molecule has 0 spiro atoms. The van der Waals surface area contributed by atoms with Gasteiger partial charge >= 0.3 is 11.9 Å². The van der Waals surface area contributed by atoms with Gasteiger partial charge in [-0.25, -0.2) is 9.59 Å². The van der Waals surface area contributed by atoms with Gasteiger partial charge in [-0.15, -0.1) is 0 Å². The van der Waals surface area contributed by atoms with Crippen LogP contribution < -0.4 is 0 Å². The van der Waals surface area contributed by atoms with Crippen molar-refractivity contribution in [2.75, 3.05) is 0 Å². The first-order valence-corrected chi connectivity index (χ1v) is 6.94. The van der Waals surface area contributed by atoms with E-state index in [0.29, 0.717) is 5.57 Å². The molecule has 0 aromatic heterocycles. The number of esters is 2. The number of aliphatic hydroxyl groups is 2. The van der Waals surface area contributed by atoms with Crippen LogP contribution in [-0.4, -0.2) is 46.6 Å². The number of ether oxygens (including phenoxy) is 2. The molecular weight excluding hydrogens is 276 g/mol. The van der Waals surface area contributed by atoms with E-state index in [1.807, 2.05) is 0 Å². The van der Waals surface area contributed by atoms with Gasteiger partial charge in [0, 0.05) is 11.6 Å². The number of cyclic esters (lactones) is 1. The molecule has 6 heteroatoms. The highest BCUT2D eigenvalue weighted by molar-refractivity contribution is 5.88. The molecule has 118 valence electrons. The lowest BCUT2D eigenvalue weighted by atomic mass is 10.0. The van der Waals surface area contributed by atoms with Crippen LogP contribution in [0.4, 0.5) is 0 Å². The second-order valence-electron chi connectivity index (χ2n) is 5.06. The van der Waals surface area contributed by atoms with E-state index in [4.69, 9.17) is 9.47 Å². The summed E-state index contributed by atoms with van der Waals surface area (Å²) in [4.78, 5) is 23.1. The maximum atomic E-state index is 11.8. The molecule has 0 saturated heterocycles. The van der Waals surface area contributed by atoms with Gasteiger partial charge in [0.15, 0.2) is 6.10 Å². The lowest BCUT2D eigenvalue weighted by Crippen LogP contribution is -2.38. The normalized spacial score (nSPS) is 25.2. The van der Waals surface area contributed by atoms with E-state index in [2.05, 4.69) is 0 Å². The smallest absolute Gasteiger partial charge is 0.334 e. The van der Waals surface area contributed by atoms with E-state index in [9.17, 15) is 19.8 Å². The van der Waals surface area contributed by atoms with E-state index in [1.165, 1.54) is 19.1 Å². The Bertz CT molecular complexity index is 437. The zero-order valence-electron chi connectivity index (χ0n) is 12.5. The third-order valence-electron chi connectivity index (χ3n) is 3.36. The molecule has 0 fully saturated rings. The Morgan fingerprint density at radius 2 is 2.19 bits per heavy atom. The van der Waals surface area contributed by atoms with Gasteiger partial charge in [0.25, 0.3) is 0 Å². The number of rotatable bonds is 6. The molecule has 6 nitrogen and oxygen atoms in total. The van der Waals surface area contributed by atoms with Gasteiger partial charge in [-0.3, -0.25) is 0 Å². The van der Waals surface area contributed by atoms with Gasteiger partial charge in [0.2, 0.25) is 0 Å². The number of hydrogen-bond acceptors (Lipinski definition) is 6. The predicted molar refractivity (Wildman–Crippen MR) is 75.3 cm³/mol. The van der Waals surface area contributed by atoms with Crippen LogP contribution in [0, 0.1) is 0 Å². The molecule has 2 N–H and O–H groups in total. The van der Waals surface area contributed by atoms with Gasteiger partial charge in [-0.2, -0.15) is 0 Å². The van der Waals surface area contributed by atoms with Crippen molar-refractivity contribution in [2.24, 2.45) is 0 Å². The zero-order valence-corrected chi connectivity index (χ0v) is 12.5. The first kappa shape index (κ1) is 17.4. The molecule has 1 heterocycles. The fourth-order valence-corrected chi connectivity index (χ4v) is 1.80. The fourth-order valence-electron chi connectivity index (χ4n) is 1.80. The Hall–Kier alpha value is -1.66. The summed E-state index contributed by atoms with van der Waals surface area (Å²) < 4.78 is 10.4. The largest absolute Gasteiger partial charge is 0.455 e. The first-order chi connectivity index (χ1) is 9.85. The van der Waals surface area contributed by atoms with Crippen molar-refractivity contribution in [1.82, 2.24) is 0 Å². The number of hydrogen-bond donors (Lipinski definition) is 2. The van der Waals surface area contributed by atoms with Crippen molar-refractivity contribution in [3.05, 3.63) is 23.8 Å². The summed E-state index contributed by atoms with van der Waals surface area (Å²) in [6, 6.07) is 0. The van der Waals surface area contributed by atoms with E-state index in [1.54, 1.807) is 19.9 Å². The Labute approximate surface area is 124 Å². The minimum absolute atomic E-state index is 0.236. The molecule has 0 aromatic rings. The van der Waals surface area contributed by atoms with Crippen LogP contribution in [0.15, 0.2) is 23.8 Å². The monoisotopic (exact) mass is 298 g/mol. The molecular formula is C15H22O6. The van der Waals surface area contributed by atoms with Gasteiger partial charge in [0.1, 0.15) is 6.10 Å². The van der Waals surface area contributed by atoms with Gasteiger partial charge in [-0.05, 0) is 39.7 Å². The van der Waals surface area contributed by atoms with Crippen molar-refractivity contribution in [1.29, 1.82) is 0 Å². The average Bonchev–Trinajstić information content (AvgIpc) is 2.45. The van der Waals surface area contributed by atoms with Crippen LogP contribution in [0.2, 0.25) is 0 Å². The minimum Gasteiger partial charge on any atom is -0.455 e. The van der Waals surface area contributed by atoms with Gasteiger partial charge in [0.05, 0.1) is 12.2 Å². The molecule has 1 aliphatic heterocycles. The third kappa shape index (κ3) is 5.32. The number of carbonyl (C=O) groups excluding carboxylic acids is 2. The topological polar surface area (TPSA) is 93.1 Å². The standard InChI is InChI=1S/C15H22O6/c1-4-9(2)15(19)21-13-7-8-14(18)20-12(13)6-5-11(17)10(3)16/h4,7-8,10-13,16-17H,5-6H2,1-3H3/b9-4+/t10-,11+,12-,13-/m0/s1. The van der Waals surface area contributed by atoms with Crippen LogP contribution >= 0.6 is 0 Å². The number of aliphatic hydroxyl groups excluding tert-OH is 2. The number of allylic oxidation sites excluding steroid dienone is 1. The van der Waals surface area contributed by atoms with Crippen LogP contribution in [0.25, 0.3) is 0 Å². The summed E-state index contributed by atoms with van der Waals surface area (Å²) in [5.41, 5.74) is 0.461. The predicted octanol–water partition coefficient (Wildman–Crippen LogP) is 0.868. The second-order valence-corrected chi connectivity index (χ2v) is 5.06. The lowest BCUT2D eigenvalue weighted by Gasteiger charge is -2.28. The maximum Gasteiger partial charge on any atom is 0.334 e. The van der Waals surface area contributed by atoms with E-state index >= 15 is 0 Å². The highest BCUT2D eigenvalue weighted by Crippen LogP contribution is 2.20. The van der Waals surface area contributed by atoms with E-state index < -0.39 is 36.4 Å². The molecule has 1 aliphatic rings. The van der Waals surface area contributed by atoms with Crippen molar-refractivity contribution in [3.63, 3.8) is 0 Å². The van der Waals surface area contributed by atoms with Gasteiger partial charge in [-0.1, -0.05) is 6.08 Å². The molecule has 0 bridgehead atoms. The van der Waals surface area contributed by atoms with Crippen LogP contribution in [0.1, 0.15) is 33.6 Å². The second kappa shape index (κ2) is 7.95. The summed E-state index contributed by atoms with van der Waals surface area (Å²) in [7, 11) is 0. The first-order valence-electron chi connectivity index (χ1n) is 6.94. The summed E-state index contributed by atoms with van der Waals surface area (Å²) in [5, 5.41) is 18.8. The third-order valence-corrected chi connectivity index (χ3v) is 3.36. The summed E-state index contributed by atoms with van der Waals surface area (Å²) >= 11 is 0. The highest BCUT2D eigenvalue weighted by Gasteiger charge is 2.30. The lowest BCUT2D eigenvalue weighted by molar-refractivity contribution is -0.162. The Balaban J connectivity index is 2.67. The van der Waals surface area contributed by atoms with Crippen molar-refractivity contribution >= 4 is 11.9 Å². The molecule has 0 amide bonds. The maximum absolute atomic E-state index is 11.8. The summed E-state index contributed by atoms with van der Waals surface area (Å²) in [5.74, 6) is -0.993. The Morgan fingerprint density at radius 3 is 2.76 bits per heavy atom. The highest BCUT2D eigenvalue weighted by atomic mass is 16.6. The molecule has 21 heavy (non-hydrogen) atoms.